The highest BCUT2D eigenvalue weighted by molar-refractivity contribution is 6.37. The van der Waals surface area contributed by atoms with E-state index < -0.39 is 5.60 Å². The van der Waals surface area contributed by atoms with Crippen LogP contribution in [0.3, 0.4) is 0 Å². The predicted octanol–water partition coefficient (Wildman–Crippen LogP) is -0.407. The molecule has 1 amide bonds. The summed E-state index contributed by atoms with van der Waals surface area (Å²) in [6.07, 6.45) is 1.11. The van der Waals surface area contributed by atoms with Crippen molar-refractivity contribution >= 4 is 11.7 Å². The van der Waals surface area contributed by atoms with E-state index in [9.17, 15) is 9.59 Å². The average Bonchev–Trinajstić information content (AvgIpc) is 2.82. The zero-order chi connectivity index (χ0) is 10.9. The van der Waals surface area contributed by atoms with E-state index >= 15 is 0 Å². The monoisotopic (exact) mass is 213 g/mol. The van der Waals surface area contributed by atoms with Gasteiger partial charge in [-0.1, -0.05) is 0 Å². The van der Waals surface area contributed by atoms with Gasteiger partial charge in [0, 0.05) is 33.1 Å². The Hall–Kier alpha value is -0.940. The molecule has 2 saturated heterocycles. The van der Waals surface area contributed by atoms with Crippen molar-refractivity contribution in [2.24, 2.45) is 0 Å². The average molecular weight is 213 g/mol. The van der Waals surface area contributed by atoms with Crippen molar-refractivity contribution in [2.45, 2.75) is 18.4 Å². The topological polar surface area (TPSA) is 55.8 Å². The van der Waals surface area contributed by atoms with E-state index in [-0.39, 0.29) is 11.7 Å². The maximum atomic E-state index is 11.4. The predicted molar refractivity (Wildman–Crippen MR) is 51.4 cm³/mol. The van der Waals surface area contributed by atoms with Gasteiger partial charge in [0.05, 0.1) is 13.2 Å². The Bertz CT molecular complexity index is 283. The van der Waals surface area contributed by atoms with Gasteiger partial charge in [-0.15, -0.1) is 0 Å². The summed E-state index contributed by atoms with van der Waals surface area (Å²) in [4.78, 5) is 24.1. The zero-order valence-corrected chi connectivity index (χ0v) is 8.82. The number of nitrogens with zero attached hydrogens (tertiary/aromatic N) is 1. The van der Waals surface area contributed by atoms with Crippen molar-refractivity contribution in [3.8, 4) is 0 Å². The van der Waals surface area contributed by atoms with Gasteiger partial charge in [0.25, 0.3) is 5.91 Å². The minimum Gasteiger partial charge on any atom is -0.378 e. The van der Waals surface area contributed by atoms with Gasteiger partial charge in [-0.2, -0.15) is 0 Å². The molecule has 0 radical (unpaired) electrons. The second-order valence-electron chi connectivity index (χ2n) is 4.09. The number of rotatable bonds is 3. The smallest absolute Gasteiger partial charge is 0.290 e. The first-order chi connectivity index (χ1) is 7.17. The summed E-state index contributed by atoms with van der Waals surface area (Å²) >= 11 is 0. The highest BCUT2D eigenvalue weighted by Crippen LogP contribution is 2.25. The Kier molecular flexibility index (Phi) is 2.75. The summed E-state index contributed by atoms with van der Waals surface area (Å²) in [6.45, 7) is 2.14. The second kappa shape index (κ2) is 3.90. The molecule has 2 fully saturated rings. The Morgan fingerprint density at radius 3 is 2.80 bits per heavy atom. The lowest BCUT2D eigenvalue weighted by molar-refractivity contribution is -0.142. The van der Waals surface area contributed by atoms with Crippen LogP contribution in [0.2, 0.25) is 0 Å². The SMILES string of the molecule is COC1(CN2CCC(=O)C2=O)CCOC1. The van der Waals surface area contributed by atoms with Gasteiger partial charge in [0.15, 0.2) is 0 Å². The third-order valence-corrected chi connectivity index (χ3v) is 3.11. The van der Waals surface area contributed by atoms with Crippen molar-refractivity contribution < 1.29 is 19.1 Å². The molecule has 0 N–H and O–H groups in total. The highest BCUT2D eigenvalue weighted by atomic mass is 16.5. The number of ether oxygens (including phenoxy) is 2. The van der Waals surface area contributed by atoms with Crippen molar-refractivity contribution in [3.05, 3.63) is 0 Å². The highest BCUT2D eigenvalue weighted by Gasteiger charge is 2.41. The molecule has 2 aliphatic heterocycles. The van der Waals surface area contributed by atoms with Crippen LogP contribution in [-0.2, 0) is 19.1 Å². The first-order valence-electron chi connectivity index (χ1n) is 5.12. The van der Waals surface area contributed by atoms with Crippen molar-refractivity contribution in [1.82, 2.24) is 4.90 Å². The molecule has 1 atom stereocenters. The van der Waals surface area contributed by atoms with Crippen molar-refractivity contribution in [1.29, 1.82) is 0 Å². The molecule has 0 aromatic rings. The van der Waals surface area contributed by atoms with E-state index in [1.165, 1.54) is 0 Å². The van der Waals surface area contributed by atoms with Gasteiger partial charge < -0.3 is 14.4 Å². The summed E-state index contributed by atoms with van der Waals surface area (Å²) < 4.78 is 10.7. The molecule has 0 aromatic heterocycles. The fourth-order valence-corrected chi connectivity index (χ4v) is 2.06. The van der Waals surface area contributed by atoms with E-state index in [0.717, 1.165) is 6.42 Å². The van der Waals surface area contributed by atoms with E-state index in [1.807, 2.05) is 0 Å². The van der Waals surface area contributed by atoms with Crippen LogP contribution in [0.25, 0.3) is 0 Å². The number of ketones is 1. The summed E-state index contributed by atoms with van der Waals surface area (Å²) in [5.41, 5.74) is -0.403. The molecule has 5 heteroatoms. The van der Waals surface area contributed by atoms with Crippen LogP contribution in [0.5, 0.6) is 0 Å². The largest absolute Gasteiger partial charge is 0.378 e. The van der Waals surface area contributed by atoms with Crippen LogP contribution in [0.4, 0.5) is 0 Å². The van der Waals surface area contributed by atoms with Crippen LogP contribution < -0.4 is 0 Å². The molecule has 2 rings (SSSR count). The van der Waals surface area contributed by atoms with Crippen molar-refractivity contribution in [2.75, 3.05) is 33.4 Å². The van der Waals surface area contributed by atoms with Crippen molar-refractivity contribution in [3.63, 3.8) is 0 Å². The third-order valence-electron chi connectivity index (χ3n) is 3.11. The quantitative estimate of drug-likeness (QED) is 0.598. The molecule has 0 spiro atoms. The molecule has 0 bridgehead atoms. The Morgan fingerprint density at radius 1 is 1.53 bits per heavy atom. The number of Topliss-reactive ketones (excluding diaryl/α,β-unsaturated/α-hetero) is 1. The summed E-state index contributed by atoms with van der Waals surface area (Å²) in [6, 6.07) is 0. The van der Waals surface area contributed by atoms with Crippen LogP contribution in [0.1, 0.15) is 12.8 Å². The minimum atomic E-state index is -0.403. The Labute approximate surface area is 88.3 Å². The van der Waals surface area contributed by atoms with Gasteiger partial charge in [0.2, 0.25) is 5.78 Å². The molecule has 84 valence electrons. The molecule has 2 aliphatic rings. The molecule has 0 saturated carbocycles. The molecular weight excluding hydrogens is 198 g/mol. The molecule has 0 aromatic carbocycles. The van der Waals surface area contributed by atoms with E-state index in [2.05, 4.69) is 0 Å². The fourth-order valence-electron chi connectivity index (χ4n) is 2.06. The lowest BCUT2D eigenvalue weighted by atomic mass is 10.0. The number of likely N-dealkylation sites (tertiary alicyclic amines) is 1. The molecule has 1 unspecified atom stereocenters. The van der Waals surface area contributed by atoms with Crippen LogP contribution in [0, 0.1) is 0 Å². The summed E-state index contributed by atoms with van der Waals surface area (Å²) in [5, 5.41) is 0. The summed E-state index contributed by atoms with van der Waals surface area (Å²) in [5.74, 6) is -0.668. The van der Waals surface area contributed by atoms with E-state index in [4.69, 9.17) is 9.47 Å². The number of methoxy groups -OCH3 is 1. The second-order valence-corrected chi connectivity index (χ2v) is 4.09. The third kappa shape index (κ3) is 1.89. The minimum absolute atomic E-state index is 0.292. The number of hydrogen-bond acceptors (Lipinski definition) is 4. The van der Waals surface area contributed by atoms with Gasteiger partial charge in [0.1, 0.15) is 5.60 Å². The first-order valence-corrected chi connectivity index (χ1v) is 5.12. The van der Waals surface area contributed by atoms with E-state index in [1.54, 1.807) is 12.0 Å². The number of carbonyl (C=O) groups is 2. The molecule has 2 heterocycles. The molecule has 15 heavy (non-hydrogen) atoms. The molecule has 0 aliphatic carbocycles. The zero-order valence-electron chi connectivity index (χ0n) is 8.82. The van der Waals surface area contributed by atoms with Gasteiger partial charge in [-0.05, 0) is 0 Å². The van der Waals surface area contributed by atoms with Gasteiger partial charge in [-0.25, -0.2) is 0 Å². The first kappa shape index (κ1) is 10.6. The maximum Gasteiger partial charge on any atom is 0.290 e. The lowest BCUT2D eigenvalue weighted by Gasteiger charge is -2.30. The van der Waals surface area contributed by atoms with Gasteiger partial charge in [-0.3, -0.25) is 9.59 Å². The van der Waals surface area contributed by atoms with Gasteiger partial charge >= 0.3 is 0 Å². The lowest BCUT2D eigenvalue weighted by Crippen LogP contribution is -2.46. The van der Waals surface area contributed by atoms with E-state index in [0.29, 0.717) is 32.7 Å². The molecular formula is C10H15NO4. The Morgan fingerprint density at radius 2 is 2.33 bits per heavy atom. The van der Waals surface area contributed by atoms with Crippen LogP contribution in [-0.4, -0.2) is 55.6 Å². The van der Waals surface area contributed by atoms with Crippen LogP contribution >= 0.6 is 0 Å². The number of carbonyl (C=O) groups excluding carboxylic acids is 2. The summed E-state index contributed by atoms with van der Waals surface area (Å²) in [7, 11) is 1.62. The Balaban J connectivity index is 2.01. The standard InChI is InChI=1S/C10H15NO4/c1-14-10(3-5-15-7-10)6-11-4-2-8(12)9(11)13/h2-7H2,1H3. The maximum absolute atomic E-state index is 11.4. The normalized spacial score (nSPS) is 31.7. The van der Waals surface area contributed by atoms with Crippen LogP contribution in [0.15, 0.2) is 0 Å². The number of hydrogen-bond donors (Lipinski definition) is 0. The molecule has 5 nitrogen and oxygen atoms in total. The number of amides is 1. The fraction of sp³-hybridized carbons (Fsp3) is 0.800.